The van der Waals surface area contributed by atoms with Crippen molar-refractivity contribution >= 4 is 17.1 Å². The molecule has 0 spiro atoms. The molecule has 14 nitrogen and oxygen atoms in total. The molecule has 16 rings (SSSR count). The lowest BCUT2D eigenvalue weighted by Gasteiger charge is -2.04. The van der Waals surface area contributed by atoms with Crippen LogP contribution in [0.5, 0.6) is 0 Å². The predicted molar refractivity (Wildman–Crippen MR) is 452 cm³/mol. The van der Waals surface area contributed by atoms with Gasteiger partial charge in [-0.15, -0.1) is 0 Å². The van der Waals surface area contributed by atoms with Crippen molar-refractivity contribution in [2.45, 2.75) is 291 Å². The van der Waals surface area contributed by atoms with Crippen molar-refractivity contribution in [2.24, 2.45) is 0 Å². The second-order valence-electron chi connectivity index (χ2n) is 23.8. The van der Waals surface area contributed by atoms with Crippen molar-refractivity contribution in [3.8, 4) is 0 Å². The number of aryl methyl sites for hydroxylation is 10. The minimum atomic E-state index is 0.989. The first-order chi connectivity index (χ1) is 51.7. The molecule has 6 aliphatic heterocycles. The number of hydrogen-bond donors (Lipinski definition) is 6. The average molecular weight is 1420 g/mol. The van der Waals surface area contributed by atoms with Crippen LogP contribution in [0.25, 0.3) is 0 Å². The Morgan fingerprint density at radius 1 is 0.212 bits per heavy atom. The fourth-order valence-electron chi connectivity index (χ4n) is 12.2. The van der Waals surface area contributed by atoms with Crippen molar-refractivity contribution in [3.63, 3.8) is 0 Å². The van der Waals surface area contributed by atoms with E-state index in [0.29, 0.717) is 0 Å². The van der Waals surface area contributed by atoms with Crippen LogP contribution in [0.4, 0.5) is 17.1 Å². The van der Waals surface area contributed by atoms with Crippen molar-refractivity contribution in [1.82, 2.24) is 55.8 Å². The summed E-state index contributed by atoms with van der Waals surface area (Å²) >= 11 is 0. The zero-order chi connectivity index (χ0) is 76.1. The smallest absolute Gasteiger partial charge is 0.0634 e. The van der Waals surface area contributed by atoms with Crippen LogP contribution < -0.4 is 31.9 Å². The van der Waals surface area contributed by atoms with Crippen LogP contribution in [-0.4, -0.2) is 79.1 Å². The number of pyridine rings is 8. The van der Waals surface area contributed by atoms with Crippen LogP contribution in [-0.2, 0) is 83.8 Å². The van der Waals surface area contributed by atoms with Gasteiger partial charge in [0.15, 0.2) is 0 Å². The van der Waals surface area contributed by atoms with Crippen LogP contribution in [0.15, 0.2) is 147 Å². The van der Waals surface area contributed by atoms with Gasteiger partial charge >= 0.3 is 0 Å². The van der Waals surface area contributed by atoms with Gasteiger partial charge in [0.1, 0.15) is 0 Å². The molecule has 0 fully saturated rings. The highest BCUT2D eigenvalue weighted by Crippen LogP contribution is 2.23. The second kappa shape index (κ2) is 67.4. The molecule has 0 bridgehead atoms. The Labute approximate surface area is 635 Å². The summed E-state index contributed by atoms with van der Waals surface area (Å²) in [7, 11) is 0. The minimum absolute atomic E-state index is 0.989. The summed E-state index contributed by atoms with van der Waals surface area (Å²) in [6.45, 7) is 41.7. The van der Waals surface area contributed by atoms with E-state index in [4.69, 9.17) is 0 Å². The fourth-order valence-corrected chi connectivity index (χ4v) is 12.2. The largest absolute Gasteiger partial charge is 0.385 e. The van der Waals surface area contributed by atoms with E-state index in [1.165, 1.54) is 237 Å². The summed E-state index contributed by atoms with van der Waals surface area (Å²) in [5.41, 5.74) is 21.9. The van der Waals surface area contributed by atoms with E-state index >= 15 is 0 Å². The summed E-state index contributed by atoms with van der Waals surface area (Å²) in [5.74, 6) is 0. The van der Waals surface area contributed by atoms with Crippen LogP contribution in [0.1, 0.15) is 280 Å². The van der Waals surface area contributed by atoms with Gasteiger partial charge in [-0.05, 0) is 278 Å². The van der Waals surface area contributed by atoms with E-state index in [1.54, 1.807) is 0 Å². The fraction of sp³-hybridized carbons (Fsp3) is 0.556. The van der Waals surface area contributed by atoms with Crippen molar-refractivity contribution in [1.29, 1.82) is 0 Å². The molecule has 0 amide bonds. The summed E-state index contributed by atoms with van der Waals surface area (Å²) in [5, 5.41) is 20.2. The van der Waals surface area contributed by atoms with Gasteiger partial charge in [-0.1, -0.05) is 136 Å². The third kappa shape index (κ3) is 39.6. The highest BCUT2D eigenvalue weighted by atomic mass is 14.9. The third-order valence-electron chi connectivity index (χ3n) is 17.3. The van der Waals surface area contributed by atoms with Crippen molar-refractivity contribution in [3.05, 3.63) is 220 Å². The summed E-state index contributed by atoms with van der Waals surface area (Å²) < 4.78 is 0. The maximum atomic E-state index is 4.38. The first-order valence-electron chi connectivity index (χ1n) is 41.5. The first kappa shape index (κ1) is 94.5. The highest BCUT2D eigenvalue weighted by molar-refractivity contribution is 5.51. The maximum absolute atomic E-state index is 4.38. The molecular weight excluding hydrogens is 1280 g/mol. The van der Waals surface area contributed by atoms with E-state index in [9.17, 15) is 0 Å². The molecule has 104 heavy (non-hydrogen) atoms. The van der Waals surface area contributed by atoms with Gasteiger partial charge in [0.2, 0.25) is 0 Å². The Kier molecular flexibility index (Phi) is 61.2. The van der Waals surface area contributed by atoms with Crippen LogP contribution in [0, 0.1) is 0 Å². The van der Waals surface area contributed by atoms with E-state index < -0.39 is 0 Å². The molecular formula is C90H146N14. The topological polar surface area (TPSA) is 175 Å². The number of nitrogens with one attached hydrogen (secondary N) is 6. The van der Waals surface area contributed by atoms with Gasteiger partial charge in [-0.2, -0.15) is 0 Å². The lowest BCUT2D eigenvalue weighted by molar-refractivity contribution is 0.680. The van der Waals surface area contributed by atoms with E-state index in [2.05, 4.69) is 120 Å². The molecule has 576 valence electrons. The third-order valence-corrected chi connectivity index (χ3v) is 17.3. The molecule has 0 atom stereocenters. The SMILES string of the molecule is CC.CC.CC.CC.CC.CC.CC.CC.c1cc2c(cn1)CCCCC2.c1cc2c(cn1)CCCCN2.c1cc2c(cn1)CCCNC2.c1cc2c(cn1)CNCCC2.c1cc2c(cn1)NCCCC2.c1cnc2c(c1)CCCCC2.c1cnc2c(c1)CNCCC2.c1cnc2c(c1)NCCCC2. The molecule has 14 heterocycles. The standard InChI is InChI=1S/2C10H13N.6C9H12N2.8C2H6/c1-2-5-9-6-4-8-11-10(9)7-3-1;1-2-4-9-6-7-11-8-10(9)5-3-1;1-3-8-7-10-5-2-4-9(8)11-6-1;1-2-8-6-11-5-3-9(8)7-10-4-1;1-2-8-3-5-11-7-9(8)6-10-4-1;1-2-6-10-9-5-3-7-11-8(9)4-1;1-2-5-11-9-4-6-10-7-8(9)3-1;1-2-5-11-9-7-10-6-4-8(9)3-1;8*1-2/h4,6,8H,1-3,5,7H2;6-8H,1-5H2;1,3,6,10H,2,4-5,7H2;3,5-6,10H,1-2,4,7H2;2*3,5,7,10H,1-2,4,6H2;2*4,6-7,11H,1-3,5H2;8*1-2H3. The maximum Gasteiger partial charge on any atom is 0.0634 e. The highest BCUT2D eigenvalue weighted by Gasteiger charge is 2.12. The Bertz CT molecular complexity index is 2400. The Hall–Kier alpha value is -7.52. The Balaban J connectivity index is 0.000000578. The van der Waals surface area contributed by atoms with Gasteiger partial charge < -0.3 is 31.9 Å². The lowest BCUT2D eigenvalue weighted by Crippen LogP contribution is -2.11. The van der Waals surface area contributed by atoms with Crippen molar-refractivity contribution < 1.29 is 0 Å². The number of fused-ring (bicyclic) bond motifs is 8. The van der Waals surface area contributed by atoms with Gasteiger partial charge in [0.25, 0.3) is 0 Å². The monoisotopic (exact) mass is 1420 g/mol. The normalized spacial score (nSPS) is 14.7. The molecule has 6 N–H and O–H groups in total. The zero-order valence-electron chi connectivity index (χ0n) is 68.5. The first-order valence-corrected chi connectivity index (χ1v) is 41.5. The summed E-state index contributed by atoms with van der Waals surface area (Å²) in [4.78, 5) is 33.6. The molecule has 8 aliphatic rings. The van der Waals surface area contributed by atoms with Crippen LogP contribution in [0.3, 0.4) is 0 Å². The molecule has 0 aromatic carbocycles. The minimum Gasteiger partial charge on any atom is -0.385 e. The molecule has 2 aliphatic carbocycles. The molecule has 8 aromatic rings. The Morgan fingerprint density at radius 3 is 1.15 bits per heavy atom. The number of hydrogen-bond acceptors (Lipinski definition) is 14. The van der Waals surface area contributed by atoms with Gasteiger partial charge in [-0.25, -0.2) is 0 Å². The van der Waals surface area contributed by atoms with E-state index in [0.717, 1.165) is 71.7 Å². The molecule has 0 radical (unpaired) electrons. The molecule has 0 unspecified atom stereocenters. The molecule has 0 saturated carbocycles. The molecule has 8 aromatic heterocycles. The number of nitrogens with zero attached hydrogens (tertiary/aromatic N) is 8. The quantitative estimate of drug-likeness (QED) is 0.0791. The zero-order valence-corrected chi connectivity index (χ0v) is 68.5. The van der Waals surface area contributed by atoms with Gasteiger partial charge in [0, 0.05) is 131 Å². The van der Waals surface area contributed by atoms with Crippen LogP contribution in [0.2, 0.25) is 0 Å². The van der Waals surface area contributed by atoms with Crippen molar-refractivity contribution in [2.75, 3.05) is 55.2 Å². The predicted octanol–water partition coefficient (Wildman–Crippen LogP) is 21.8. The number of rotatable bonds is 0. The lowest BCUT2D eigenvalue weighted by atomic mass is 10.1. The van der Waals surface area contributed by atoms with Gasteiger partial charge in [-0.3, -0.25) is 39.9 Å². The average Bonchev–Trinajstić information content (AvgIpc) is 2.11. The molecule has 0 saturated heterocycles. The second-order valence-corrected chi connectivity index (χ2v) is 23.8. The molecule has 14 heteroatoms. The summed E-state index contributed by atoms with van der Waals surface area (Å²) in [6.07, 6.45) is 56.3. The van der Waals surface area contributed by atoms with Crippen LogP contribution >= 0.6 is 0 Å². The van der Waals surface area contributed by atoms with E-state index in [1.807, 2.05) is 210 Å². The Morgan fingerprint density at radius 2 is 0.548 bits per heavy atom. The number of aromatic nitrogens is 8. The number of anilines is 3. The summed E-state index contributed by atoms with van der Waals surface area (Å²) in [6, 6.07) is 23.1. The van der Waals surface area contributed by atoms with Gasteiger partial charge in [0.05, 0.1) is 23.3 Å². The van der Waals surface area contributed by atoms with E-state index in [-0.39, 0.29) is 0 Å².